The Bertz CT molecular complexity index is 344. The number of nitrogens with zero attached hydrogens (tertiary/aromatic N) is 1. The molecule has 16 heavy (non-hydrogen) atoms. The quantitative estimate of drug-likeness (QED) is 0.825. The van der Waals surface area contributed by atoms with E-state index in [0.29, 0.717) is 6.54 Å². The van der Waals surface area contributed by atoms with Crippen molar-refractivity contribution in [1.29, 1.82) is 0 Å². The highest BCUT2D eigenvalue weighted by atomic mass is 16.5. The van der Waals surface area contributed by atoms with Gasteiger partial charge in [-0.2, -0.15) is 0 Å². The summed E-state index contributed by atoms with van der Waals surface area (Å²) in [6.07, 6.45) is 0.573. The molecular weight excluding hydrogens is 200 g/mol. The number of hydrogen-bond donors (Lipinski definition) is 1. The third kappa shape index (κ3) is 2.36. The first-order chi connectivity index (χ1) is 7.70. The van der Waals surface area contributed by atoms with Gasteiger partial charge in [0, 0.05) is 25.3 Å². The maximum absolute atomic E-state index is 5.77. The summed E-state index contributed by atoms with van der Waals surface area (Å²) < 4.78 is 5.74. The number of benzene rings is 1. The van der Waals surface area contributed by atoms with Crippen LogP contribution in [0.1, 0.15) is 19.4 Å². The van der Waals surface area contributed by atoms with Gasteiger partial charge >= 0.3 is 0 Å². The Hall–Kier alpha value is -1.06. The van der Waals surface area contributed by atoms with Gasteiger partial charge in [0.2, 0.25) is 0 Å². The number of hydrogen-bond acceptors (Lipinski definition) is 3. The van der Waals surface area contributed by atoms with Crippen molar-refractivity contribution in [3.63, 3.8) is 0 Å². The maximum atomic E-state index is 5.77. The largest absolute Gasteiger partial charge is 0.372 e. The Morgan fingerprint density at radius 1 is 1.25 bits per heavy atom. The third-order valence-corrected chi connectivity index (χ3v) is 2.97. The van der Waals surface area contributed by atoms with Crippen LogP contribution in [0.5, 0.6) is 0 Å². The van der Waals surface area contributed by atoms with Crippen LogP contribution in [0.15, 0.2) is 24.3 Å². The third-order valence-electron chi connectivity index (χ3n) is 2.97. The van der Waals surface area contributed by atoms with Crippen molar-refractivity contribution >= 4 is 5.69 Å². The molecule has 0 radical (unpaired) electrons. The Morgan fingerprint density at radius 2 is 1.88 bits per heavy atom. The SMILES string of the molecule is C[C@@H]1CN(c2ccccc2CN)C[C@H](C)O1. The van der Waals surface area contributed by atoms with Crippen LogP contribution in [0.25, 0.3) is 0 Å². The van der Waals surface area contributed by atoms with Gasteiger partial charge in [0.15, 0.2) is 0 Å². The minimum Gasteiger partial charge on any atom is -0.372 e. The van der Waals surface area contributed by atoms with E-state index in [0.717, 1.165) is 13.1 Å². The Kier molecular flexibility index (Phi) is 3.46. The fourth-order valence-electron chi connectivity index (χ4n) is 2.37. The van der Waals surface area contributed by atoms with Crippen LogP contribution >= 0.6 is 0 Å². The lowest BCUT2D eigenvalue weighted by Crippen LogP contribution is -2.45. The summed E-state index contributed by atoms with van der Waals surface area (Å²) in [6.45, 7) is 6.72. The molecule has 2 N–H and O–H groups in total. The number of nitrogens with two attached hydrogens (primary N) is 1. The van der Waals surface area contributed by atoms with Gasteiger partial charge in [0.05, 0.1) is 12.2 Å². The van der Waals surface area contributed by atoms with E-state index in [2.05, 4.69) is 36.9 Å². The van der Waals surface area contributed by atoms with E-state index in [1.807, 2.05) is 6.07 Å². The van der Waals surface area contributed by atoms with E-state index in [9.17, 15) is 0 Å². The second kappa shape index (κ2) is 4.85. The molecular formula is C13H20N2O. The predicted molar refractivity (Wildman–Crippen MR) is 66.6 cm³/mol. The second-order valence-corrected chi connectivity index (χ2v) is 4.50. The Morgan fingerprint density at radius 3 is 2.50 bits per heavy atom. The molecule has 0 unspecified atom stereocenters. The van der Waals surface area contributed by atoms with Crippen molar-refractivity contribution in [2.24, 2.45) is 5.73 Å². The molecule has 2 atom stereocenters. The molecule has 0 bridgehead atoms. The van der Waals surface area contributed by atoms with Gasteiger partial charge in [-0.3, -0.25) is 0 Å². The monoisotopic (exact) mass is 220 g/mol. The number of rotatable bonds is 2. The summed E-state index contributed by atoms with van der Waals surface area (Å²) in [5, 5.41) is 0. The molecule has 0 spiro atoms. The highest BCUT2D eigenvalue weighted by Crippen LogP contribution is 2.23. The van der Waals surface area contributed by atoms with Crippen molar-refractivity contribution in [3.05, 3.63) is 29.8 Å². The first-order valence-electron chi connectivity index (χ1n) is 5.89. The first kappa shape index (κ1) is 11.4. The van der Waals surface area contributed by atoms with E-state index in [4.69, 9.17) is 10.5 Å². The van der Waals surface area contributed by atoms with E-state index < -0.39 is 0 Å². The fraction of sp³-hybridized carbons (Fsp3) is 0.538. The van der Waals surface area contributed by atoms with Gasteiger partial charge in [-0.15, -0.1) is 0 Å². The Balaban J connectivity index is 2.22. The fourth-order valence-corrected chi connectivity index (χ4v) is 2.37. The molecule has 2 rings (SSSR count). The standard InChI is InChI=1S/C13H20N2O/c1-10-8-15(9-11(2)16-10)13-6-4-3-5-12(13)7-14/h3-6,10-11H,7-9,14H2,1-2H3/t10-,11+. The predicted octanol–water partition coefficient (Wildman–Crippen LogP) is 1.76. The molecule has 1 heterocycles. The topological polar surface area (TPSA) is 38.5 Å². The van der Waals surface area contributed by atoms with Gasteiger partial charge in [-0.25, -0.2) is 0 Å². The molecule has 88 valence electrons. The number of anilines is 1. The molecule has 3 heteroatoms. The van der Waals surface area contributed by atoms with E-state index in [-0.39, 0.29) is 12.2 Å². The second-order valence-electron chi connectivity index (χ2n) is 4.50. The lowest BCUT2D eigenvalue weighted by atomic mass is 10.1. The van der Waals surface area contributed by atoms with Crippen LogP contribution in [0, 0.1) is 0 Å². The number of ether oxygens (including phenoxy) is 1. The van der Waals surface area contributed by atoms with Crippen LogP contribution in [0.4, 0.5) is 5.69 Å². The molecule has 0 aliphatic carbocycles. The maximum Gasteiger partial charge on any atom is 0.0726 e. The summed E-state index contributed by atoms with van der Waals surface area (Å²) >= 11 is 0. The van der Waals surface area contributed by atoms with Gasteiger partial charge in [-0.05, 0) is 25.5 Å². The molecule has 3 nitrogen and oxygen atoms in total. The van der Waals surface area contributed by atoms with Crippen molar-refractivity contribution in [2.75, 3.05) is 18.0 Å². The van der Waals surface area contributed by atoms with Crippen molar-refractivity contribution in [3.8, 4) is 0 Å². The summed E-state index contributed by atoms with van der Waals surface area (Å²) in [5.74, 6) is 0. The molecule has 1 saturated heterocycles. The zero-order chi connectivity index (χ0) is 11.5. The molecule has 0 aromatic heterocycles. The molecule has 1 aromatic carbocycles. The van der Waals surface area contributed by atoms with Crippen LogP contribution in [-0.2, 0) is 11.3 Å². The zero-order valence-corrected chi connectivity index (χ0v) is 10.0. The average Bonchev–Trinajstić information content (AvgIpc) is 2.27. The van der Waals surface area contributed by atoms with Crippen molar-refractivity contribution < 1.29 is 4.74 Å². The van der Waals surface area contributed by atoms with E-state index in [1.165, 1.54) is 11.3 Å². The highest BCUT2D eigenvalue weighted by molar-refractivity contribution is 5.54. The number of morpholine rings is 1. The van der Waals surface area contributed by atoms with Crippen molar-refractivity contribution in [2.45, 2.75) is 32.6 Å². The van der Waals surface area contributed by atoms with E-state index >= 15 is 0 Å². The van der Waals surface area contributed by atoms with Crippen LogP contribution < -0.4 is 10.6 Å². The van der Waals surface area contributed by atoms with Gasteiger partial charge in [0.25, 0.3) is 0 Å². The molecule has 1 aliphatic rings. The zero-order valence-electron chi connectivity index (χ0n) is 10.0. The van der Waals surface area contributed by atoms with Crippen LogP contribution in [0.2, 0.25) is 0 Å². The molecule has 1 aliphatic heterocycles. The first-order valence-corrected chi connectivity index (χ1v) is 5.89. The summed E-state index contributed by atoms with van der Waals surface area (Å²) in [7, 11) is 0. The lowest BCUT2D eigenvalue weighted by Gasteiger charge is -2.37. The smallest absolute Gasteiger partial charge is 0.0726 e. The molecule has 1 fully saturated rings. The molecule has 0 amide bonds. The summed E-state index contributed by atoms with van der Waals surface area (Å²) in [6, 6.07) is 8.35. The molecule has 0 saturated carbocycles. The summed E-state index contributed by atoms with van der Waals surface area (Å²) in [4.78, 5) is 2.38. The van der Waals surface area contributed by atoms with E-state index in [1.54, 1.807) is 0 Å². The number of para-hydroxylation sites is 1. The average molecular weight is 220 g/mol. The highest BCUT2D eigenvalue weighted by Gasteiger charge is 2.23. The molecule has 1 aromatic rings. The van der Waals surface area contributed by atoms with Crippen LogP contribution in [-0.4, -0.2) is 25.3 Å². The Labute approximate surface area is 97.2 Å². The summed E-state index contributed by atoms with van der Waals surface area (Å²) in [5.41, 5.74) is 8.24. The van der Waals surface area contributed by atoms with Gasteiger partial charge < -0.3 is 15.4 Å². The van der Waals surface area contributed by atoms with Gasteiger partial charge in [0.1, 0.15) is 0 Å². The normalized spacial score (nSPS) is 25.8. The lowest BCUT2D eigenvalue weighted by molar-refractivity contribution is -0.00525. The minimum atomic E-state index is 0.287. The van der Waals surface area contributed by atoms with Crippen LogP contribution in [0.3, 0.4) is 0 Å². The van der Waals surface area contributed by atoms with Crippen molar-refractivity contribution in [1.82, 2.24) is 0 Å². The van der Waals surface area contributed by atoms with Gasteiger partial charge in [-0.1, -0.05) is 18.2 Å². The minimum absolute atomic E-state index is 0.287.